The molecule has 0 aromatic carbocycles. The van der Waals surface area contributed by atoms with Crippen LogP contribution in [0.25, 0.3) is 0 Å². The van der Waals surface area contributed by atoms with E-state index in [-0.39, 0.29) is 10.7 Å². The minimum Gasteiger partial charge on any atom is -0.388 e. The molecule has 2 N–H and O–H groups in total. The lowest BCUT2D eigenvalue weighted by atomic mass is 9.71. The lowest BCUT2D eigenvalue weighted by Crippen LogP contribution is -2.47. The maximum Gasteiger partial charge on any atom is 0.230 e. The van der Waals surface area contributed by atoms with Crippen LogP contribution in [0, 0.1) is 5.41 Å². The molecule has 0 unspecified atom stereocenters. The summed E-state index contributed by atoms with van der Waals surface area (Å²) in [5.74, 6) is 0.489. The Kier molecular flexibility index (Phi) is 5.35. The van der Waals surface area contributed by atoms with Crippen molar-refractivity contribution in [3.63, 3.8) is 0 Å². The third kappa shape index (κ3) is 6.66. The van der Waals surface area contributed by atoms with Crippen LogP contribution in [0.2, 0.25) is 0 Å². The van der Waals surface area contributed by atoms with Crippen molar-refractivity contribution < 1.29 is 9.90 Å². The van der Waals surface area contributed by atoms with Crippen molar-refractivity contribution >= 4 is 17.7 Å². The maximum absolute atomic E-state index is 11.8. The highest BCUT2D eigenvalue weighted by atomic mass is 32.2. The summed E-state index contributed by atoms with van der Waals surface area (Å²) in [6.45, 7) is 11.2. The van der Waals surface area contributed by atoms with Crippen molar-refractivity contribution in [2.45, 2.75) is 70.7 Å². The Morgan fingerprint density at radius 3 is 2.21 bits per heavy atom. The first kappa shape index (κ1) is 16.8. The van der Waals surface area contributed by atoms with Gasteiger partial charge >= 0.3 is 0 Å². The molecule has 1 saturated carbocycles. The molecule has 19 heavy (non-hydrogen) atoms. The van der Waals surface area contributed by atoms with Gasteiger partial charge in [0.2, 0.25) is 5.91 Å². The molecule has 1 amide bonds. The zero-order valence-corrected chi connectivity index (χ0v) is 13.8. The lowest BCUT2D eigenvalue weighted by molar-refractivity contribution is -0.120. The summed E-state index contributed by atoms with van der Waals surface area (Å²) in [6, 6.07) is 0. The SMILES string of the molecule is CC1(C)CCC(O)(CNC(=O)CSC(C)(C)C)CC1. The number of hydrogen-bond donors (Lipinski definition) is 2. The molecule has 0 atom stereocenters. The highest BCUT2D eigenvalue weighted by Gasteiger charge is 2.36. The fraction of sp³-hybridized carbons (Fsp3) is 0.933. The summed E-state index contributed by atoms with van der Waals surface area (Å²) in [6.07, 6.45) is 3.62. The van der Waals surface area contributed by atoms with Crippen LogP contribution in [0.3, 0.4) is 0 Å². The van der Waals surface area contributed by atoms with Gasteiger partial charge in [0, 0.05) is 11.3 Å². The summed E-state index contributed by atoms with van der Waals surface area (Å²) < 4.78 is 0.100. The lowest BCUT2D eigenvalue weighted by Gasteiger charge is -2.40. The number of thioether (sulfide) groups is 1. The van der Waals surface area contributed by atoms with E-state index in [0.717, 1.165) is 25.7 Å². The fourth-order valence-electron chi connectivity index (χ4n) is 2.17. The molecule has 0 saturated heterocycles. The van der Waals surface area contributed by atoms with E-state index in [1.165, 1.54) is 0 Å². The molecule has 0 bridgehead atoms. The van der Waals surface area contributed by atoms with Crippen molar-refractivity contribution in [2.75, 3.05) is 12.3 Å². The van der Waals surface area contributed by atoms with Crippen LogP contribution in [0.1, 0.15) is 60.3 Å². The highest BCUT2D eigenvalue weighted by Crippen LogP contribution is 2.39. The molecule has 0 aliphatic heterocycles. The fourth-order valence-corrected chi connectivity index (χ4v) is 2.83. The summed E-state index contributed by atoms with van der Waals surface area (Å²) in [5.41, 5.74) is -0.365. The zero-order chi connectivity index (χ0) is 14.7. The van der Waals surface area contributed by atoms with Gasteiger partial charge in [0.05, 0.1) is 11.4 Å². The first-order valence-electron chi connectivity index (χ1n) is 7.15. The predicted molar refractivity (Wildman–Crippen MR) is 82.4 cm³/mol. The second-order valence-electron chi connectivity index (χ2n) is 7.57. The molecule has 112 valence electrons. The third-order valence-corrected chi connectivity index (χ3v) is 5.06. The second kappa shape index (κ2) is 6.04. The molecule has 4 heteroatoms. The Hall–Kier alpha value is -0.220. The van der Waals surface area contributed by atoms with E-state index in [0.29, 0.717) is 17.7 Å². The molecule has 0 aromatic heterocycles. The van der Waals surface area contributed by atoms with Gasteiger partial charge < -0.3 is 10.4 Å². The first-order chi connectivity index (χ1) is 8.52. The number of carbonyl (C=O) groups is 1. The maximum atomic E-state index is 11.8. The van der Waals surface area contributed by atoms with Gasteiger partial charge in [-0.1, -0.05) is 34.6 Å². The number of carbonyl (C=O) groups excluding carboxylic acids is 1. The number of rotatable bonds is 4. The molecule has 1 aliphatic carbocycles. The Morgan fingerprint density at radius 1 is 1.21 bits per heavy atom. The Morgan fingerprint density at radius 2 is 1.74 bits per heavy atom. The topological polar surface area (TPSA) is 49.3 Å². The van der Waals surface area contributed by atoms with Gasteiger partial charge in [-0.2, -0.15) is 0 Å². The Labute approximate surface area is 121 Å². The molecule has 3 nitrogen and oxygen atoms in total. The van der Waals surface area contributed by atoms with Gasteiger partial charge in [0.1, 0.15) is 0 Å². The van der Waals surface area contributed by atoms with Gasteiger partial charge in [-0.3, -0.25) is 4.79 Å². The van der Waals surface area contributed by atoms with Crippen molar-refractivity contribution in [2.24, 2.45) is 5.41 Å². The average Bonchev–Trinajstić information content (AvgIpc) is 2.28. The minimum atomic E-state index is -0.697. The molecule has 0 heterocycles. The number of amides is 1. The molecule has 1 fully saturated rings. The quantitative estimate of drug-likeness (QED) is 0.836. The van der Waals surface area contributed by atoms with E-state index in [4.69, 9.17) is 0 Å². The van der Waals surface area contributed by atoms with Gasteiger partial charge in [-0.25, -0.2) is 0 Å². The molecule has 1 rings (SSSR count). The molecular weight excluding hydrogens is 258 g/mol. The Bertz CT molecular complexity index is 311. The summed E-state index contributed by atoms with van der Waals surface area (Å²) >= 11 is 1.63. The number of hydrogen-bond acceptors (Lipinski definition) is 3. The van der Waals surface area contributed by atoms with E-state index < -0.39 is 5.60 Å². The number of aliphatic hydroxyl groups is 1. The summed E-state index contributed by atoms with van der Waals surface area (Å²) in [7, 11) is 0. The summed E-state index contributed by atoms with van der Waals surface area (Å²) in [5, 5.41) is 13.3. The van der Waals surface area contributed by atoms with E-state index in [1.54, 1.807) is 11.8 Å². The molecule has 1 aliphatic rings. The van der Waals surface area contributed by atoms with E-state index in [1.807, 2.05) is 0 Å². The monoisotopic (exact) mass is 287 g/mol. The van der Waals surface area contributed by atoms with Crippen LogP contribution in [0.4, 0.5) is 0 Å². The average molecular weight is 287 g/mol. The van der Waals surface area contributed by atoms with Crippen LogP contribution in [-0.4, -0.2) is 33.7 Å². The van der Waals surface area contributed by atoms with Gasteiger partial charge in [-0.05, 0) is 31.1 Å². The van der Waals surface area contributed by atoms with Crippen LogP contribution in [0.15, 0.2) is 0 Å². The predicted octanol–water partition coefficient (Wildman–Crippen LogP) is 2.97. The normalized spacial score (nSPS) is 22.0. The smallest absolute Gasteiger partial charge is 0.230 e. The van der Waals surface area contributed by atoms with E-state index >= 15 is 0 Å². The van der Waals surface area contributed by atoms with E-state index in [9.17, 15) is 9.90 Å². The van der Waals surface area contributed by atoms with Crippen molar-refractivity contribution in [3.8, 4) is 0 Å². The largest absolute Gasteiger partial charge is 0.388 e. The highest BCUT2D eigenvalue weighted by molar-refractivity contribution is 8.01. The standard InChI is InChI=1S/C15H29NO2S/c1-13(2,3)19-10-12(17)16-11-15(18)8-6-14(4,5)7-9-15/h18H,6-11H2,1-5H3,(H,16,17). The Balaban J connectivity index is 2.30. The van der Waals surface area contributed by atoms with Crippen LogP contribution in [-0.2, 0) is 4.79 Å². The third-order valence-electron chi connectivity index (χ3n) is 3.79. The van der Waals surface area contributed by atoms with Gasteiger partial charge in [0.25, 0.3) is 0 Å². The van der Waals surface area contributed by atoms with Crippen LogP contribution >= 0.6 is 11.8 Å². The first-order valence-corrected chi connectivity index (χ1v) is 8.13. The molecular formula is C15H29NO2S. The van der Waals surface area contributed by atoms with Gasteiger partial charge in [-0.15, -0.1) is 11.8 Å². The minimum absolute atomic E-state index is 0.0261. The second-order valence-corrected chi connectivity index (χ2v) is 9.37. The number of nitrogens with one attached hydrogen (secondary N) is 1. The van der Waals surface area contributed by atoms with Crippen molar-refractivity contribution in [1.29, 1.82) is 0 Å². The van der Waals surface area contributed by atoms with Crippen LogP contribution in [0.5, 0.6) is 0 Å². The molecule has 0 spiro atoms. The van der Waals surface area contributed by atoms with Gasteiger partial charge in [0.15, 0.2) is 0 Å². The van der Waals surface area contributed by atoms with Crippen molar-refractivity contribution in [1.82, 2.24) is 5.32 Å². The summed E-state index contributed by atoms with van der Waals surface area (Å²) in [4.78, 5) is 11.8. The van der Waals surface area contributed by atoms with Crippen LogP contribution < -0.4 is 5.32 Å². The zero-order valence-electron chi connectivity index (χ0n) is 13.0. The molecule has 0 radical (unpaired) electrons. The van der Waals surface area contributed by atoms with Crippen molar-refractivity contribution in [3.05, 3.63) is 0 Å². The molecule has 0 aromatic rings. The van der Waals surface area contributed by atoms with E-state index in [2.05, 4.69) is 39.9 Å².